The van der Waals surface area contributed by atoms with E-state index < -0.39 is 0 Å². The lowest BCUT2D eigenvalue weighted by Crippen LogP contribution is -2.58. The molecule has 9 atom stereocenters. The zero-order valence-corrected chi connectivity index (χ0v) is 14.6. The molecule has 0 aromatic rings. The number of rotatable bonds is 0. The molecule has 0 aliphatic heterocycles. The maximum Gasteiger partial charge on any atom is 0.0577 e. The minimum atomic E-state index is -0.181. The molecule has 2 N–H and O–H groups in total. The first kappa shape index (κ1) is 15.4. The van der Waals surface area contributed by atoms with Crippen molar-refractivity contribution >= 4 is 0 Å². The van der Waals surface area contributed by atoms with E-state index in [0.717, 1.165) is 49.4 Å². The molecule has 2 heteroatoms. The summed E-state index contributed by atoms with van der Waals surface area (Å²) in [7, 11) is 0. The van der Waals surface area contributed by atoms with Crippen LogP contribution in [0.4, 0.5) is 0 Å². The van der Waals surface area contributed by atoms with E-state index in [4.69, 9.17) is 0 Å². The van der Waals surface area contributed by atoms with Gasteiger partial charge in [0.15, 0.2) is 0 Å². The Morgan fingerprint density at radius 1 is 0.773 bits per heavy atom. The normalized spacial score (nSPS) is 61.2. The maximum atomic E-state index is 10.9. The summed E-state index contributed by atoms with van der Waals surface area (Å²) in [6, 6.07) is 0. The Balaban J connectivity index is 1.66. The molecule has 4 aliphatic carbocycles. The van der Waals surface area contributed by atoms with Gasteiger partial charge in [-0.2, -0.15) is 0 Å². The summed E-state index contributed by atoms with van der Waals surface area (Å²) >= 11 is 0. The van der Waals surface area contributed by atoms with E-state index in [9.17, 15) is 10.2 Å². The molecule has 22 heavy (non-hydrogen) atoms. The van der Waals surface area contributed by atoms with Crippen LogP contribution in [0, 0.1) is 40.4 Å². The quantitative estimate of drug-likeness (QED) is 0.710. The van der Waals surface area contributed by atoms with Gasteiger partial charge in [0.25, 0.3) is 0 Å². The summed E-state index contributed by atoms with van der Waals surface area (Å²) in [5.74, 6) is 3.54. The van der Waals surface area contributed by atoms with Gasteiger partial charge in [-0.05, 0) is 91.8 Å². The lowest BCUT2D eigenvalue weighted by atomic mass is 9.44. The van der Waals surface area contributed by atoms with Crippen LogP contribution >= 0.6 is 0 Å². The fraction of sp³-hybridized carbons (Fsp3) is 1.00. The molecule has 4 aliphatic rings. The first-order valence-electron chi connectivity index (χ1n) is 9.72. The molecule has 2 unspecified atom stereocenters. The molecule has 2 nitrogen and oxygen atoms in total. The van der Waals surface area contributed by atoms with Crippen molar-refractivity contribution in [2.75, 3.05) is 0 Å². The van der Waals surface area contributed by atoms with Gasteiger partial charge in [0.2, 0.25) is 0 Å². The Morgan fingerprint density at radius 2 is 1.45 bits per heavy atom. The third-order valence-corrected chi connectivity index (χ3v) is 9.13. The summed E-state index contributed by atoms with van der Waals surface area (Å²) in [4.78, 5) is 0. The molecule has 0 radical (unpaired) electrons. The Hall–Kier alpha value is -0.0800. The van der Waals surface area contributed by atoms with Crippen LogP contribution in [0.5, 0.6) is 0 Å². The minimum Gasteiger partial charge on any atom is -0.393 e. The SMILES string of the molecule is C[C@H]1CC[C@@H]2C3C[C@@H](O)[C@@H]4C[C@@H](O)CC[C@]4(C)C3CC[C@@]21C. The molecule has 0 saturated heterocycles. The first-order valence-corrected chi connectivity index (χ1v) is 9.72. The fourth-order valence-corrected chi connectivity index (χ4v) is 7.54. The Labute approximate surface area is 135 Å². The van der Waals surface area contributed by atoms with E-state index in [1.807, 2.05) is 0 Å². The minimum absolute atomic E-state index is 0.176. The fourth-order valence-electron chi connectivity index (χ4n) is 7.54. The highest BCUT2D eigenvalue weighted by atomic mass is 16.3. The number of hydrogen-bond donors (Lipinski definition) is 2. The van der Waals surface area contributed by atoms with Crippen molar-refractivity contribution in [3.63, 3.8) is 0 Å². The second kappa shape index (κ2) is 4.96. The third-order valence-electron chi connectivity index (χ3n) is 9.13. The van der Waals surface area contributed by atoms with Crippen LogP contribution in [-0.4, -0.2) is 22.4 Å². The van der Waals surface area contributed by atoms with Crippen LogP contribution < -0.4 is 0 Å². The Kier molecular flexibility index (Phi) is 3.48. The van der Waals surface area contributed by atoms with Crippen LogP contribution in [0.3, 0.4) is 0 Å². The van der Waals surface area contributed by atoms with Crippen molar-refractivity contribution in [1.29, 1.82) is 0 Å². The molecular formula is C20H34O2. The zero-order valence-electron chi connectivity index (χ0n) is 14.6. The van der Waals surface area contributed by atoms with Gasteiger partial charge in [-0.15, -0.1) is 0 Å². The van der Waals surface area contributed by atoms with Crippen molar-refractivity contribution in [3.8, 4) is 0 Å². The summed E-state index contributed by atoms with van der Waals surface area (Å²) in [5.41, 5.74) is 0.799. The summed E-state index contributed by atoms with van der Waals surface area (Å²) in [6.45, 7) is 7.45. The van der Waals surface area contributed by atoms with Crippen molar-refractivity contribution in [2.24, 2.45) is 40.4 Å². The number of aliphatic hydroxyl groups excluding tert-OH is 2. The molecular weight excluding hydrogens is 272 g/mol. The average molecular weight is 306 g/mol. The van der Waals surface area contributed by atoms with Gasteiger partial charge >= 0.3 is 0 Å². The molecule has 0 aromatic carbocycles. The van der Waals surface area contributed by atoms with E-state index in [1.54, 1.807) is 0 Å². The number of aliphatic hydroxyl groups is 2. The molecule has 0 bridgehead atoms. The Morgan fingerprint density at radius 3 is 2.23 bits per heavy atom. The van der Waals surface area contributed by atoms with E-state index >= 15 is 0 Å². The molecule has 0 aromatic heterocycles. The molecule has 126 valence electrons. The predicted octanol–water partition coefficient (Wildman–Crippen LogP) is 4.00. The highest BCUT2D eigenvalue weighted by Gasteiger charge is 2.61. The van der Waals surface area contributed by atoms with Gasteiger partial charge in [0.05, 0.1) is 12.2 Å². The van der Waals surface area contributed by atoms with Crippen LogP contribution in [0.25, 0.3) is 0 Å². The predicted molar refractivity (Wildman–Crippen MR) is 88.3 cm³/mol. The van der Waals surface area contributed by atoms with Gasteiger partial charge in [-0.3, -0.25) is 0 Å². The smallest absolute Gasteiger partial charge is 0.0577 e. The van der Waals surface area contributed by atoms with Gasteiger partial charge < -0.3 is 10.2 Å². The highest BCUT2D eigenvalue weighted by Crippen LogP contribution is 2.67. The van der Waals surface area contributed by atoms with Gasteiger partial charge in [0.1, 0.15) is 0 Å². The zero-order chi connectivity index (χ0) is 15.7. The lowest BCUT2D eigenvalue weighted by molar-refractivity contribution is -0.170. The molecule has 0 amide bonds. The molecule has 4 fully saturated rings. The lowest BCUT2D eigenvalue weighted by Gasteiger charge is -2.62. The van der Waals surface area contributed by atoms with E-state index in [0.29, 0.717) is 11.3 Å². The second-order valence-electron chi connectivity index (χ2n) is 9.74. The largest absolute Gasteiger partial charge is 0.393 e. The Bertz CT molecular complexity index is 449. The summed E-state index contributed by atoms with van der Waals surface area (Å²) in [6.07, 6.45) is 9.07. The second-order valence-corrected chi connectivity index (χ2v) is 9.74. The van der Waals surface area contributed by atoms with Crippen LogP contribution in [-0.2, 0) is 0 Å². The van der Waals surface area contributed by atoms with Crippen molar-refractivity contribution < 1.29 is 10.2 Å². The first-order chi connectivity index (χ1) is 10.4. The molecule has 0 heterocycles. The van der Waals surface area contributed by atoms with Crippen LogP contribution in [0.1, 0.15) is 72.1 Å². The number of hydrogen-bond acceptors (Lipinski definition) is 2. The molecule has 4 rings (SSSR count). The van der Waals surface area contributed by atoms with Gasteiger partial charge in [-0.25, -0.2) is 0 Å². The third kappa shape index (κ3) is 1.92. The van der Waals surface area contributed by atoms with Crippen LogP contribution in [0.2, 0.25) is 0 Å². The van der Waals surface area contributed by atoms with Crippen molar-refractivity contribution in [2.45, 2.75) is 84.3 Å². The van der Waals surface area contributed by atoms with E-state index in [2.05, 4.69) is 20.8 Å². The van der Waals surface area contributed by atoms with Crippen LogP contribution in [0.15, 0.2) is 0 Å². The van der Waals surface area contributed by atoms with E-state index in [-0.39, 0.29) is 17.6 Å². The maximum absolute atomic E-state index is 10.9. The van der Waals surface area contributed by atoms with E-state index in [1.165, 1.54) is 25.7 Å². The average Bonchev–Trinajstić information content (AvgIpc) is 2.77. The monoisotopic (exact) mass is 306 g/mol. The molecule has 4 saturated carbocycles. The van der Waals surface area contributed by atoms with Gasteiger partial charge in [0, 0.05) is 0 Å². The topological polar surface area (TPSA) is 40.5 Å². The van der Waals surface area contributed by atoms with Gasteiger partial charge in [-0.1, -0.05) is 20.8 Å². The molecule has 0 spiro atoms. The standard InChI is InChI=1S/C20H34O2/c1-12-4-5-15-14-11-18(22)17-10-13(21)6-8-20(17,3)16(14)7-9-19(12,15)2/h12-18,21-22H,4-11H2,1-3H3/t12-,13-,14?,15+,16?,17-,18+,19+,20+/m0/s1. The van der Waals surface area contributed by atoms with Crippen molar-refractivity contribution in [3.05, 3.63) is 0 Å². The van der Waals surface area contributed by atoms with Crippen molar-refractivity contribution in [1.82, 2.24) is 0 Å². The number of fused-ring (bicyclic) bond motifs is 5. The summed E-state index contributed by atoms with van der Waals surface area (Å²) < 4.78 is 0. The summed E-state index contributed by atoms with van der Waals surface area (Å²) in [5, 5.41) is 21.0. The highest BCUT2D eigenvalue weighted by molar-refractivity contribution is 5.10.